The van der Waals surface area contributed by atoms with Gasteiger partial charge in [0.05, 0.1) is 0 Å². The summed E-state index contributed by atoms with van der Waals surface area (Å²) in [5, 5.41) is 5.70. The summed E-state index contributed by atoms with van der Waals surface area (Å²) in [4.78, 5) is 27.4. The van der Waals surface area contributed by atoms with Crippen LogP contribution in [0.25, 0.3) is 0 Å². The zero-order valence-corrected chi connectivity index (χ0v) is 19.2. The molecule has 1 aliphatic rings. The van der Waals surface area contributed by atoms with Crippen molar-refractivity contribution in [3.63, 3.8) is 0 Å². The topological polar surface area (TPSA) is 61.4 Å². The largest absolute Gasteiger partial charge is 0.350 e. The summed E-state index contributed by atoms with van der Waals surface area (Å²) in [6.45, 7) is 11.9. The standard InChI is InChI=1S/C26H35N3O2/c1-19(28-25(31)22-11-13-23(14-12-22)26(2,3)4)24(30)27-17-20-7-9-21(10-8-20)18-29-15-5-6-16-29/h7-14,19H,5-6,15-18H2,1-4H3,(H,27,30)(H,28,31). The fraction of sp³-hybridized carbons (Fsp3) is 0.462. The van der Waals surface area contributed by atoms with Crippen LogP contribution in [0.1, 0.15) is 67.6 Å². The highest BCUT2D eigenvalue weighted by molar-refractivity contribution is 5.97. The first-order valence-corrected chi connectivity index (χ1v) is 11.2. The third kappa shape index (κ3) is 6.66. The minimum atomic E-state index is -0.607. The molecule has 0 saturated carbocycles. The van der Waals surface area contributed by atoms with E-state index in [1.807, 2.05) is 24.3 Å². The van der Waals surface area contributed by atoms with Crippen molar-refractivity contribution in [2.75, 3.05) is 13.1 Å². The van der Waals surface area contributed by atoms with Crippen molar-refractivity contribution < 1.29 is 9.59 Å². The van der Waals surface area contributed by atoms with Gasteiger partial charge in [-0.3, -0.25) is 14.5 Å². The van der Waals surface area contributed by atoms with Crippen molar-refractivity contribution in [1.82, 2.24) is 15.5 Å². The van der Waals surface area contributed by atoms with Gasteiger partial charge in [0.15, 0.2) is 0 Å². The molecule has 0 aliphatic carbocycles. The molecule has 2 aromatic rings. The third-order valence-corrected chi connectivity index (χ3v) is 5.85. The van der Waals surface area contributed by atoms with Crippen LogP contribution in [-0.2, 0) is 23.3 Å². The number of amides is 2. The summed E-state index contributed by atoms with van der Waals surface area (Å²) < 4.78 is 0. The van der Waals surface area contributed by atoms with E-state index in [9.17, 15) is 9.59 Å². The molecule has 1 saturated heterocycles. The molecule has 1 atom stereocenters. The Morgan fingerprint density at radius 2 is 1.52 bits per heavy atom. The van der Waals surface area contributed by atoms with E-state index in [-0.39, 0.29) is 17.2 Å². The molecule has 31 heavy (non-hydrogen) atoms. The van der Waals surface area contributed by atoms with Crippen molar-refractivity contribution in [1.29, 1.82) is 0 Å². The number of carbonyl (C=O) groups excluding carboxylic acids is 2. The fourth-order valence-corrected chi connectivity index (χ4v) is 3.77. The summed E-state index contributed by atoms with van der Waals surface area (Å²) >= 11 is 0. The average molecular weight is 422 g/mol. The SMILES string of the molecule is CC(NC(=O)c1ccc(C(C)(C)C)cc1)C(=O)NCc1ccc(CN2CCCC2)cc1. The molecule has 0 bridgehead atoms. The van der Waals surface area contributed by atoms with Crippen molar-refractivity contribution >= 4 is 11.8 Å². The minimum absolute atomic E-state index is 0.0363. The first-order valence-electron chi connectivity index (χ1n) is 11.2. The summed E-state index contributed by atoms with van der Waals surface area (Å²) in [5.74, 6) is -0.435. The normalized spacial score (nSPS) is 15.5. The summed E-state index contributed by atoms with van der Waals surface area (Å²) in [6.07, 6.45) is 2.59. The molecule has 2 N–H and O–H groups in total. The van der Waals surface area contributed by atoms with E-state index in [2.05, 4.69) is 60.6 Å². The molecule has 0 radical (unpaired) electrons. The number of rotatable bonds is 7. The number of carbonyl (C=O) groups is 2. The lowest BCUT2D eigenvalue weighted by Crippen LogP contribution is -2.44. The third-order valence-electron chi connectivity index (χ3n) is 5.85. The number of hydrogen-bond donors (Lipinski definition) is 2. The highest BCUT2D eigenvalue weighted by Gasteiger charge is 2.18. The number of nitrogens with zero attached hydrogens (tertiary/aromatic N) is 1. The summed E-state index contributed by atoms with van der Waals surface area (Å²) in [7, 11) is 0. The van der Waals surface area contributed by atoms with Crippen molar-refractivity contribution in [3.8, 4) is 0 Å². The quantitative estimate of drug-likeness (QED) is 0.710. The van der Waals surface area contributed by atoms with Crippen LogP contribution >= 0.6 is 0 Å². The second-order valence-electron chi connectivity index (χ2n) is 9.54. The van der Waals surface area contributed by atoms with Crippen molar-refractivity contribution in [3.05, 3.63) is 70.8 Å². The van der Waals surface area contributed by atoms with E-state index < -0.39 is 6.04 Å². The minimum Gasteiger partial charge on any atom is -0.350 e. The van der Waals surface area contributed by atoms with Crippen LogP contribution in [0.2, 0.25) is 0 Å². The van der Waals surface area contributed by atoms with Gasteiger partial charge in [0.2, 0.25) is 5.91 Å². The van der Waals surface area contributed by atoms with E-state index in [0.29, 0.717) is 12.1 Å². The number of likely N-dealkylation sites (tertiary alicyclic amines) is 1. The van der Waals surface area contributed by atoms with E-state index >= 15 is 0 Å². The molecule has 1 heterocycles. The van der Waals surface area contributed by atoms with Crippen molar-refractivity contribution in [2.24, 2.45) is 0 Å². The van der Waals surface area contributed by atoms with Gasteiger partial charge in [0, 0.05) is 18.7 Å². The molecule has 1 unspecified atom stereocenters. The summed E-state index contributed by atoms with van der Waals surface area (Å²) in [6, 6.07) is 15.3. The molecule has 0 spiro atoms. The zero-order chi connectivity index (χ0) is 22.4. The Balaban J connectivity index is 1.46. The number of hydrogen-bond acceptors (Lipinski definition) is 3. The number of benzene rings is 2. The van der Waals surface area contributed by atoms with Crippen LogP contribution in [0.15, 0.2) is 48.5 Å². The molecule has 3 rings (SSSR count). The smallest absolute Gasteiger partial charge is 0.251 e. The fourth-order valence-electron chi connectivity index (χ4n) is 3.77. The lowest BCUT2D eigenvalue weighted by Gasteiger charge is -2.19. The molecule has 5 heteroatoms. The molecule has 2 amide bonds. The van der Waals surface area contributed by atoms with E-state index in [4.69, 9.17) is 0 Å². The Kier molecular flexibility index (Phi) is 7.50. The maximum atomic E-state index is 12.5. The van der Waals surface area contributed by atoms with Gasteiger partial charge in [-0.1, -0.05) is 57.2 Å². The lowest BCUT2D eigenvalue weighted by atomic mass is 9.86. The van der Waals surface area contributed by atoms with Gasteiger partial charge in [0.25, 0.3) is 5.91 Å². The molecule has 2 aromatic carbocycles. The van der Waals surface area contributed by atoms with E-state index in [0.717, 1.165) is 12.1 Å². The second-order valence-corrected chi connectivity index (χ2v) is 9.54. The first-order chi connectivity index (χ1) is 14.7. The molecular formula is C26H35N3O2. The van der Waals surface area contributed by atoms with Crippen LogP contribution in [-0.4, -0.2) is 35.8 Å². The lowest BCUT2D eigenvalue weighted by molar-refractivity contribution is -0.122. The number of nitrogens with one attached hydrogen (secondary N) is 2. The Bertz CT molecular complexity index is 876. The van der Waals surface area contributed by atoms with Gasteiger partial charge >= 0.3 is 0 Å². The Morgan fingerprint density at radius 3 is 2.10 bits per heavy atom. The van der Waals surface area contributed by atoms with Crippen LogP contribution in [0.4, 0.5) is 0 Å². The van der Waals surface area contributed by atoms with E-state index in [1.165, 1.54) is 37.1 Å². The maximum absolute atomic E-state index is 12.5. The van der Waals surface area contributed by atoms with Gasteiger partial charge in [-0.25, -0.2) is 0 Å². The van der Waals surface area contributed by atoms with Crippen LogP contribution in [0.3, 0.4) is 0 Å². The average Bonchev–Trinajstić information content (AvgIpc) is 3.25. The predicted molar refractivity (Wildman–Crippen MR) is 125 cm³/mol. The monoisotopic (exact) mass is 421 g/mol. The summed E-state index contributed by atoms with van der Waals surface area (Å²) in [5.41, 5.74) is 4.11. The van der Waals surface area contributed by atoms with Gasteiger partial charge in [-0.05, 0) is 67.1 Å². The molecule has 1 fully saturated rings. The maximum Gasteiger partial charge on any atom is 0.251 e. The van der Waals surface area contributed by atoms with Crippen LogP contribution in [0, 0.1) is 0 Å². The van der Waals surface area contributed by atoms with Gasteiger partial charge in [-0.2, -0.15) is 0 Å². The Morgan fingerprint density at radius 1 is 0.935 bits per heavy atom. The van der Waals surface area contributed by atoms with Crippen LogP contribution < -0.4 is 10.6 Å². The highest BCUT2D eigenvalue weighted by Crippen LogP contribution is 2.22. The highest BCUT2D eigenvalue weighted by atomic mass is 16.2. The molecular weight excluding hydrogens is 386 g/mol. The molecule has 1 aliphatic heterocycles. The van der Waals surface area contributed by atoms with Gasteiger partial charge < -0.3 is 10.6 Å². The Labute approximate surface area is 186 Å². The second kappa shape index (κ2) is 10.1. The van der Waals surface area contributed by atoms with Gasteiger partial charge in [0.1, 0.15) is 6.04 Å². The predicted octanol–water partition coefficient (Wildman–Crippen LogP) is 4.01. The van der Waals surface area contributed by atoms with E-state index in [1.54, 1.807) is 6.92 Å². The van der Waals surface area contributed by atoms with Gasteiger partial charge in [-0.15, -0.1) is 0 Å². The van der Waals surface area contributed by atoms with Crippen molar-refractivity contribution in [2.45, 2.75) is 65.1 Å². The molecule has 5 nitrogen and oxygen atoms in total. The Hall–Kier alpha value is -2.66. The molecule has 166 valence electrons. The van der Waals surface area contributed by atoms with Crippen LogP contribution in [0.5, 0.6) is 0 Å². The zero-order valence-electron chi connectivity index (χ0n) is 19.2. The molecule has 0 aromatic heterocycles. The first kappa shape index (κ1) is 23.0.